The van der Waals surface area contributed by atoms with Crippen molar-refractivity contribution in [3.8, 4) is 11.5 Å². The normalized spacial score (nSPS) is 28.3. The highest BCUT2D eigenvalue weighted by Crippen LogP contribution is 2.32. The molecule has 0 spiro atoms. The number of ether oxygens (including phenoxy) is 3. The summed E-state index contributed by atoms with van der Waals surface area (Å²) in [6.45, 7) is 2.11. The molecule has 1 fully saturated rings. The molecular formula is C17H23NO8. The average Bonchev–Trinajstić information content (AvgIpc) is 2.60. The van der Waals surface area contributed by atoms with Gasteiger partial charge in [-0.25, -0.2) is 0 Å². The second-order valence-corrected chi connectivity index (χ2v) is 5.97. The molecule has 144 valence electrons. The Kier molecular flexibility index (Phi) is 6.54. The van der Waals surface area contributed by atoms with Crippen LogP contribution in [0.25, 0.3) is 0 Å². The van der Waals surface area contributed by atoms with E-state index in [0.29, 0.717) is 5.56 Å². The number of nitrogens with one attached hydrogen (secondary N) is 1. The van der Waals surface area contributed by atoms with Crippen LogP contribution in [0.15, 0.2) is 18.2 Å². The summed E-state index contributed by atoms with van der Waals surface area (Å²) in [6.07, 6.45) is -5.12. The van der Waals surface area contributed by atoms with Crippen LogP contribution in [0.4, 0.5) is 0 Å². The standard InChI is InChI=1S/C17H23NO8/c1-8(20)10-4-5-11(12(6-10)24-3)25-17-14(18-9(2)21)16(23)15(22)13(7-19)26-17/h4-6,13-17,19,22-23H,7H2,1-3H3,(H,18,21)/t13-,14-,15-,16-,17-/m1/s1. The Balaban J connectivity index is 2.31. The second-order valence-electron chi connectivity index (χ2n) is 5.97. The summed E-state index contributed by atoms with van der Waals surface area (Å²) in [4.78, 5) is 22.9. The van der Waals surface area contributed by atoms with E-state index in [1.54, 1.807) is 0 Å². The highest BCUT2D eigenvalue weighted by Gasteiger charge is 2.46. The number of benzene rings is 1. The van der Waals surface area contributed by atoms with Gasteiger partial charge in [-0.1, -0.05) is 0 Å². The van der Waals surface area contributed by atoms with Crippen molar-refractivity contribution in [2.45, 2.75) is 44.5 Å². The molecule has 9 nitrogen and oxygen atoms in total. The van der Waals surface area contributed by atoms with Gasteiger partial charge in [-0.2, -0.15) is 0 Å². The van der Waals surface area contributed by atoms with Crippen LogP contribution in [-0.4, -0.2) is 71.4 Å². The number of ketones is 1. The lowest BCUT2D eigenvalue weighted by atomic mass is 9.97. The average molecular weight is 369 g/mol. The number of hydrogen-bond donors (Lipinski definition) is 4. The van der Waals surface area contributed by atoms with Crippen LogP contribution in [0.5, 0.6) is 11.5 Å². The van der Waals surface area contributed by atoms with Gasteiger partial charge in [0.25, 0.3) is 0 Å². The molecule has 0 radical (unpaired) electrons. The fourth-order valence-corrected chi connectivity index (χ4v) is 2.68. The van der Waals surface area contributed by atoms with Gasteiger partial charge in [0, 0.05) is 12.5 Å². The van der Waals surface area contributed by atoms with Crippen molar-refractivity contribution in [2.75, 3.05) is 13.7 Å². The van der Waals surface area contributed by atoms with Gasteiger partial charge in [-0.05, 0) is 25.1 Å². The Morgan fingerprint density at radius 1 is 1.19 bits per heavy atom. The molecule has 1 aliphatic rings. The summed E-state index contributed by atoms with van der Waals surface area (Å²) in [7, 11) is 1.40. The number of rotatable bonds is 6. The minimum absolute atomic E-state index is 0.154. The van der Waals surface area contributed by atoms with E-state index in [2.05, 4.69) is 5.32 Å². The molecule has 1 aliphatic heterocycles. The fraction of sp³-hybridized carbons (Fsp3) is 0.529. The van der Waals surface area contributed by atoms with Crippen molar-refractivity contribution in [3.05, 3.63) is 23.8 Å². The SMILES string of the molecule is COc1cc(C(C)=O)ccc1O[C@@H]1O[C@H](CO)[C@@H](O)[C@H](O)[C@H]1NC(C)=O. The zero-order valence-corrected chi connectivity index (χ0v) is 14.7. The van der Waals surface area contributed by atoms with E-state index in [4.69, 9.17) is 14.2 Å². The predicted octanol–water partition coefficient (Wildman–Crippen LogP) is -0.780. The molecule has 1 aromatic rings. The van der Waals surface area contributed by atoms with E-state index in [0.717, 1.165) is 0 Å². The molecule has 1 aromatic carbocycles. The monoisotopic (exact) mass is 369 g/mol. The second kappa shape index (κ2) is 8.45. The van der Waals surface area contributed by atoms with Crippen LogP contribution in [0.2, 0.25) is 0 Å². The maximum absolute atomic E-state index is 11.5. The molecule has 9 heteroatoms. The van der Waals surface area contributed by atoms with Crippen LogP contribution in [0.1, 0.15) is 24.2 Å². The van der Waals surface area contributed by atoms with Gasteiger partial charge in [-0.15, -0.1) is 0 Å². The number of carbonyl (C=O) groups is 2. The highest BCUT2D eigenvalue weighted by atomic mass is 16.7. The molecule has 0 aromatic heterocycles. The topological polar surface area (TPSA) is 135 Å². The van der Waals surface area contributed by atoms with Crippen molar-refractivity contribution in [3.63, 3.8) is 0 Å². The first-order chi connectivity index (χ1) is 12.3. The van der Waals surface area contributed by atoms with Gasteiger partial charge in [0.15, 0.2) is 17.3 Å². The number of aliphatic hydroxyl groups is 3. The minimum Gasteiger partial charge on any atom is -0.493 e. The Morgan fingerprint density at radius 2 is 1.88 bits per heavy atom. The first-order valence-corrected chi connectivity index (χ1v) is 8.03. The maximum atomic E-state index is 11.5. The first kappa shape index (κ1) is 20.1. The number of amides is 1. The zero-order valence-electron chi connectivity index (χ0n) is 14.7. The molecule has 5 atom stereocenters. The molecule has 1 saturated heterocycles. The summed E-state index contributed by atoms with van der Waals surface area (Å²) in [6, 6.07) is 3.44. The molecule has 0 unspecified atom stereocenters. The number of hydrogen-bond acceptors (Lipinski definition) is 8. The van der Waals surface area contributed by atoms with Crippen molar-refractivity contribution in [1.82, 2.24) is 5.32 Å². The molecule has 2 rings (SSSR count). The fourth-order valence-electron chi connectivity index (χ4n) is 2.68. The largest absolute Gasteiger partial charge is 0.493 e. The van der Waals surface area contributed by atoms with Crippen LogP contribution >= 0.6 is 0 Å². The van der Waals surface area contributed by atoms with Crippen LogP contribution in [0.3, 0.4) is 0 Å². The van der Waals surface area contributed by atoms with Crippen molar-refractivity contribution in [1.29, 1.82) is 0 Å². The van der Waals surface area contributed by atoms with Crippen molar-refractivity contribution in [2.24, 2.45) is 0 Å². The lowest BCUT2D eigenvalue weighted by Crippen LogP contribution is -2.65. The van der Waals surface area contributed by atoms with Gasteiger partial charge in [0.1, 0.15) is 24.4 Å². The summed E-state index contributed by atoms with van der Waals surface area (Å²) in [5.41, 5.74) is 0.417. The Labute approximate surface area is 150 Å². The van der Waals surface area contributed by atoms with Crippen LogP contribution < -0.4 is 14.8 Å². The molecular weight excluding hydrogens is 346 g/mol. The zero-order chi connectivity index (χ0) is 19.4. The molecule has 1 amide bonds. The van der Waals surface area contributed by atoms with E-state index in [1.807, 2.05) is 0 Å². The van der Waals surface area contributed by atoms with Crippen LogP contribution in [-0.2, 0) is 9.53 Å². The quantitative estimate of drug-likeness (QED) is 0.480. The molecule has 0 aliphatic carbocycles. The van der Waals surface area contributed by atoms with Gasteiger partial charge in [0.2, 0.25) is 12.2 Å². The maximum Gasteiger partial charge on any atom is 0.223 e. The van der Waals surface area contributed by atoms with E-state index in [9.17, 15) is 24.9 Å². The lowest BCUT2D eigenvalue weighted by molar-refractivity contribution is -0.244. The predicted molar refractivity (Wildman–Crippen MR) is 89.0 cm³/mol. The van der Waals surface area contributed by atoms with Crippen molar-refractivity contribution < 1.29 is 39.1 Å². The summed E-state index contributed by atoms with van der Waals surface area (Å²) >= 11 is 0. The van der Waals surface area contributed by atoms with Crippen molar-refractivity contribution >= 4 is 11.7 Å². The van der Waals surface area contributed by atoms with Gasteiger partial charge < -0.3 is 34.8 Å². The third-order valence-corrected chi connectivity index (χ3v) is 4.06. The van der Waals surface area contributed by atoms with E-state index < -0.39 is 43.2 Å². The molecule has 4 N–H and O–H groups in total. The molecule has 1 heterocycles. The van der Waals surface area contributed by atoms with E-state index >= 15 is 0 Å². The third kappa shape index (κ3) is 4.31. The first-order valence-electron chi connectivity index (χ1n) is 8.03. The molecule has 26 heavy (non-hydrogen) atoms. The minimum atomic E-state index is -1.42. The highest BCUT2D eigenvalue weighted by molar-refractivity contribution is 5.94. The third-order valence-electron chi connectivity index (χ3n) is 4.06. The Hall–Kier alpha value is -2.20. The molecule has 0 bridgehead atoms. The summed E-state index contributed by atoms with van der Waals surface area (Å²) in [5, 5.41) is 32.1. The van der Waals surface area contributed by atoms with E-state index in [1.165, 1.54) is 39.2 Å². The van der Waals surface area contributed by atoms with Gasteiger partial charge >= 0.3 is 0 Å². The Morgan fingerprint density at radius 3 is 2.42 bits per heavy atom. The van der Waals surface area contributed by atoms with Gasteiger partial charge in [0.05, 0.1) is 13.7 Å². The number of methoxy groups -OCH3 is 1. The van der Waals surface area contributed by atoms with Crippen LogP contribution in [0, 0.1) is 0 Å². The number of Topliss-reactive ketones (excluding diaryl/α,β-unsaturated/α-hetero) is 1. The number of aliphatic hydroxyl groups excluding tert-OH is 3. The lowest BCUT2D eigenvalue weighted by Gasteiger charge is -2.42. The van der Waals surface area contributed by atoms with E-state index in [-0.39, 0.29) is 17.3 Å². The smallest absolute Gasteiger partial charge is 0.223 e. The number of carbonyl (C=O) groups excluding carboxylic acids is 2. The summed E-state index contributed by atoms with van der Waals surface area (Å²) < 4.78 is 16.4. The van der Waals surface area contributed by atoms with Gasteiger partial charge in [-0.3, -0.25) is 9.59 Å². The molecule has 0 saturated carbocycles. The summed E-state index contributed by atoms with van der Waals surface area (Å²) in [5.74, 6) is -0.152. The Bertz CT molecular complexity index is 664.